The van der Waals surface area contributed by atoms with Crippen molar-refractivity contribution in [1.82, 2.24) is 14.5 Å². The lowest BCUT2D eigenvalue weighted by molar-refractivity contribution is -0.132. The largest absolute Gasteiger partial charge is 0.497 e. The number of aromatic nitrogens is 2. The van der Waals surface area contributed by atoms with E-state index >= 15 is 0 Å². The van der Waals surface area contributed by atoms with E-state index in [-0.39, 0.29) is 5.91 Å². The topological polar surface area (TPSA) is 47.4 Å². The number of hydrogen-bond acceptors (Lipinski definition) is 4. The van der Waals surface area contributed by atoms with Gasteiger partial charge >= 0.3 is 0 Å². The van der Waals surface area contributed by atoms with Crippen LogP contribution in [-0.4, -0.2) is 45.8 Å². The monoisotopic (exact) mass is 359 g/mol. The van der Waals surface area contributed by atoms with E-state index in [0.29, 0.717) is 11.8 Å². The Labute approximate surface area is 153 Å². The van der Waals surface area contributed by atoms with Gasteiger partial charge in [0.1, 0.15) is 5.75 Å². The predicted octanol–water partition coefficient (Wildman–Crippen LogP) is 3.46. The minimum Gasteiger partial charge on any atom is -0.497 e. The number of rotatable bonds is 7. The second-order valence-electron chi connectivity index (χ2n) is 6.29. The van der Waals surface area contributed by atoms with E-state index in [9.17, 15) is 4.79 Å². The molecule has 0 saturated carbocycles. The van der Waals surface area contributed by atoms with Crippen molar-refractivity contribution >= 4 is 17.7 Å². The molecule has 1 aliphatic rings. The van der Waals surface area contributed by atoms with Crippen molar-refractivity contribution in [2.75, 3.05) is 19.4 Å². The van der Waals surface area contributed by atoms with Crippen LogP contribution in [0.15, 0.2) is 47.9 Å². The molecule has 2 aromatic rings. The Kier molecular flexibility index (Phi) is 6.39. The number of benzene rings is 1. The standard InChI is InChI=1S/C19H25N3O2S/c1-24-17-6-4-7-18(13-17)25-14-19(23)22-10-3-2-5-16(22)8-11-21-12-9-20-15-21/h4,6-7,9,12-13,15-16H,2-3,5,8,10-11,14H2,1H3/t16-/m0/s1. The molecule has 3 rings (SSSR count). The number of imidazole rings is 1. The molecule has 1 saturated heterocycles. The molecule has 1 aromatic heterocycles. The molecule has 0 N–H and O–H groups in total. The molecular formula is C19H25N3O2S. The molecule has 0 radical (unpaired) electrons. The number of nitrogens with zero attached hydrogens (tertiary/aromatic N) is 3. The van der Waals surface area contributed by atoms with Gasteiger partial charge in [-0.3, -0.25) is 4.79 Å². The average molecular weight is 359 g/mol. The van der Waals surface area contributed by atoms with Gasteiger partial charge in [-0.25, -0.2) is 4.98 Å². The Morgan fingerprint density at radius 1 is 1.40 bits per heavy atom. The zero-order valence-corrected chi connectivity index (χ0v) is 15.5. The molecule has 25 heavy (non-hydrogen) atoms. The lowest BCUT2D eigenvalue weighted by atomic mass is 9.99. The number of carbonyl (C=O) groups excluding carboxylic acids is 1. The van der Waals surface area contributed by atoms with E-state index < -0.39 is 0 Å². The van der Waals surface area contributed by atoms with E-state index in [1.54, 1.807) is 25.1 Å². The van der Waals surface area contributed by atoms with Gasteiger partial charge in [0.15, 0.2) is 0 Å². The molecule has 1 aromatic carbocycles. The van der Waals surface area contributed by atoms with Crippen LogP contribution in [0.1, 0.15) is 25.7 Å². The van der Waals surface area contributed by atoms with Gasteiger partial charge in [0.25, 0.3) is 0 Å². The first-order chi connectivity index (χ1) is 12.3. The van der Waals surface area contributed by atoms with Crippen molar-refractivity contribution in [3.8, 4) is 5.75 Å². The molecule has 1 amide bonds. The van der Waals surface area contributed by atoms with Gasteiger partial charge in [-0.2, -0.15) is 0 Å². The van der Waals surface area contributed by atoms with Crippen LogP contribution in [0, 0.1) is 0 Å². The van der Waals surface area contributed by atoms with Crippen LogP contribution in [0.2, 0.25) is 0 Å². The summed E-state index contributed by atoms with van der Waals surface area (Å²) in [5.41, 5.74) is 0. The highest BCUT2D eigenvalue weighted by Crippen LogP contribution is 2.25. The number of aryl methyl sites for hydroxylation is 1. The summed E-state index contributed by atoms with van der Waals surface area (Å²) in [6.07, 6.45) is 10.0. The molecule has 1 aliphatic heterocycles. The summed E-state index contributed by atoms with van der Waals surface area (Å²) < 4.78 is 7.33. The zero-order valence-electron chi connectivity index (χ0n) is 14.6. The van der Waals surface area contributed by atoms with Crippen molar-refractivity contribution in [2.45, 2.75) is 43.2 Å². The summed E-state index contributed by atoms with van der Waals surface area (Å²) in [5, 5.41) is 0. The molecule has 0 spiro atoms. The first kappa shape index (κ1) is 17.9. The maximum atomic E-state index is 12.8. The van der Waals surface area contributed by atoms with Crippen molar-refractivity contribution in [3.05, 3.63) is 43.0 Å². The smallest absolute Gasteiger partial charge is 0.233 e. The van der Waals surface area contributed by atoms with Crippen molar-refractivity contribution in [1.29, 1.82) is 0 Å². The SMILES string of the molecule is COc1cccc(SCC(=O)N2CCCC[C@H]2CCn2ccnc2)c1. The first-order valence-electron chi connectivity index (χ1n) is 8.78. The van der Waals surface area contributed by atoms with Crippen LogP contribution in [-0.2, 0) is 11.3 Å². The Hall–Kier alpha value is -1.95. The van der Waals surface area contributed by atoms with E-state index in [2.05, 4.69) is 14.5 Å². The van der Waals surface area contributed by atoms with Gasteiger partial charge < -0.3 is 14.2 Å². The second kappa shape index (κ2) is 8.94. The fraction of sp³-hybridized carbons (Fsp3) is 0.474. The highest BCUT2D eigenvalue weighted by molar-refractivity contribution is 8.00. The predicted molar refractivity (Wildman–Crippen MR) is 99.9 cm³/mol. The van der Waals surface area contributed by atoms with Gasteiger partial charge in [0, 0.05) is 36.4 Å². The zero-order chi connectivity index (χ0) is 17.5. The first-order valence-corrected chi connectivity index (χ1v) is 9.77. The van der Waals surface area contributed by atoms with E-state index in [0.717, 1.165) is 43.0 Å². The van der Waals surface area contributed by atoms with Gasteiger partial charge in [-0.15, -0.1) is 11.8 Å². The molecule has 1 atom stereocenters. The van der Waals surface area contributed by atoms with Gasteiger partial charge in [-0.05, 0) is 43.9 Å². The van der Waals surface area contributed by atoms with Crippen LogP contribution in [0.4, 0.5) is 0 Å². The average Bonchev–Trinajstić information content (AvgIpc) is 3.18. The van der Waals surface area contributed by atoms with Crippen LogP contribution >= 0.6 is 11.8 Å². The van der Waals surface area contributed by atoms with Gasteiger partial charge in [0.2, 0.25) is 5.91 Å². The lowest BCUT2D eigenvalue weighted by Crippen LogP contribution is -2.45. The maximum absolute atomic E-state index is 12.8. The van der Waals surface area contributed by atoms with Gasteiger partial charge in [0.05, 0.1) is 19.2 Å². The van der Waals surface area contributed by atoms with Crippen molar-refractivity contribution < 1.29 is 9.53 Å². The van der Waals surface area contributed by atoms with Crippen LogP contribution in [0.5, 0.6) is 5.75 Å². The van der Waals surface area contributed by atoms with Crippen LogP contribution in [0.3, 0.4) is 0 Å². The number of amides is 1. The molecule has 5 nitrogen and oxygen atoms in total. The van der Waals surface area contributed by atoms with Crippen molar-refractivity contribution in [3.63, 3.8) is 0 Å². The third-order valence-corrected chi connectivity index (χ3v) is 5.61. The van der Waals surface area contributed by atoms with E-state index in [1.807, 2.05) is 36.8 Å². The molecule has 134 valence electrons. The fourth-order valence-corrected chi connectivity index (χ4v) is 4.10. The molecule has 0 bridgehead atoms. The molecule has 2 heterocycles. The third kappa shape index (κ3) is 5.01. The molecule has 6 heteroatoms. The Morgan fingerprint density at radius 2 is 2.32 bits per heavy atom. The molecular weight excluding hydrogens is 334 g/mol. The van der Waals surface area contributed by atoms with Crippen LogP contribution in [0.25, 0.3) is 0 Å². The van der Waals surface area contributed by atoms with E-state index in [4.69, 9.17) is 4.74 Å². The number of thioether (sulfide) groups is 1. The normalized spacial score (nSPS) is 17.5. The van der Waals surface area contributed by atoms with Crippen LogP contribution < -0.4 is 4.74 Å². The highest BCUT2D eigenvalue weighted by atomic mass is 32.2. The quantitative estimate of drug-likeness (QED) is 0.711. The second-order valence-corrected chi connectivity index (χ2v) is 7.34. The number of likely N-dealkylation sites (tertiary alicyclic amines) is 1. The summed E-state index contributed by atoms with van der Waals surface area (Å²) in [4.78, 5) is 20.0. The number of carbonyl (C=O) groups is 1. The van der Waals surface area contributed by atoms with E-state index in [1.165, 1.54) is 6.42 Å². The number of methoxy groups -OCH3 is 1. The number of hydrogen-bond donors (Lipinski definition) is 0. The third-order valence-electron chi connectivity index (χ3n) is 4.63. The fourth-order valence-electron chi connectivity index (χ4n) is 3.27. The minimum atomic E-state index is 0.239. The Bertz CT molecular complexity index is 675. The molecule has 0 aliphatic carbocycles. The maximum Gasteiger partial charge on any atom is 0.233 e. The Morgan fingerprint density at radius 3 is 3.12 bits per heavy atom. The summed E-state index contributed by atoms with van der Waals surface area (Å²) in [6, 6.07) is 8.22. The summed E-state index contributed by atoms with van der Waals surface area (Å²) in [7, 11) is 1.66. The molecule has 0 unspecified atom stereocenters. The Balaban J connectivity index is 1.54. The number of piperidine rings is 1. The lowest BCUT2D eigenvalue weighted by Gasteiger charge is -2.36. The summed E-state index contributed by atoms with van der Waals surface area (Å²) in [6.45, 7) is 1.80. The minimum absolute atomic E-state index is 0.239. The summed E-state index contributed by atoms with van der Waals surface area (Å²) in [5.74, 6) is 1.55. The summed E-state index contributed by atoms with van der Waals surface area (Å²) >= 11 is 1.58. The van der Waals surface area contributed by atoms with Gasteiger partial charge in [-0.1, -0.05) is 6.07 Å². The highest BCUT2D eigenvalue weighted by Gasteiger charge is 2.26. The molecule has 1 fully saturated rings. The van der Waals surface area contributed by atoms with Crippen molar-refractivity contribution in [2.24, 2.45) is 0 Å². The number of ether oxygens (including phenoxy) is 1.